The second-order valence-electron chi connectivity index (χ2n) is 4.28. The molecule has 4 heteroatoms. The summed E-state index contributed by atoms with van der Waals surface area (Å²) in [6.45, 7) is 3.72. The van der Waals surface area contributed by atoms with E-state index in [1.54, 1.807) is 30.3 Å². The zero-order valence-electron chi connectivity index (χ0n) is 12.1. The molecular weight excluding hydrogens is 280 g/mol. The maximum atomic E-state index is 10.7. The Morgan fingerprint density at radius 3 is 2.00 bits per heavy atom. The number of ether oxygens (including phenoxy) is 1. The molecule has 0 atom stereocenters. The zero-order valence-corrected chi connectivity index (χ0v) is 12.1. The van der Waals surface area contributed by atoms with E-state index >= 15 is 0 Å². The minimum absolute atomic E-state index is 0.331. The predicted molar refractivity (Wildman–Crippen MR) is 84.7 cm³/mol. The van der Waals surface area contributed by atoms with Crippen molar-refractivity contribution < 1.29 is 19.4 Å². The first-order valence-electron chi connectivity index (χ1n) is 6.75. The molecule has 2 aromatic rings. The van der Waals surface area contributed by atoms with Crippen LogP contribution in [0.15, 0.2) is 73.3 Å². The summed E-state index contributed by atoms with van der Waals surface area (Å²) in [5, 5.41) is 8.38. The fourth-order valence-corrected chi connectivity index (χ4v) is 1.55. The summed E-state index contributed by atoms with van der Waals surface area (Å²) in [5.41, 5.74) is 1.50. The van der Waals surface area contributed by atoms with E-state index in [1.807, 2.05) is 30.3 Å². The van der Waals surface area contributed by atoms with Crippen LogP contribution in [0.2, 0.25) is 0 Å². The van der Waals surface area contributed by atoms with Gasteiger partial charge in [-0.2, -0.15) is 0 Å². The van der Waals surface area contributed by atoms with E-state index in [4.69, 9.17) is 9.84 Å². The third-order valence-corrected chi connectivity index (χ3v) is 2.67. The highest BCUT2D eigenvalue weighted by Crippen LogP contribution is 1.99. The Kier molecular flexibility index (Phi) is 7.76. The third kappa shape index (κ3) is 7.05. The monoisotopic (exact) mass is 298 g/mol. The Morgan fingerprint density at radius 1 is 1.00 bits per heavy atom. The minimum Gasteiger partial charge on any atom is -0.478 e. The molecule has 22 heavy (non-hydrogen) atoms. The summed E-state index contributed by atoms with van der Waals surface area (Å²) in [6, 6.07) is 18.2. The number of hydrogen-bond acceptors (Lipinski definition) is 3. The van der Waals surface area contributed by atoms with Gasteiger partial charge >= 0.3 is 11.9 Å². The lowest BCUT2D eigenvalue weighted by molar-refractivity contribution is -0.137. The number of carbonyl (C=O) groups excluding carboxylic acids is 1. The smallest absolute Gasteiger partial charge is 0.335 e. The molecule has 0 spiro atoms. The van der Waals surface area contributed by atoms with Gasteiger partial charge in [-0.15, -0.1) is 0 Å². The molecule has 0 radical (unpaired) electrons. The topological polar surface area (TPSA) is 63.6 Å². The van der Waals surface area contributed by atoms with Gasteiger partial charge in [-0.05, 0) is 17.7 Å². The molecule has 0 aromatic heterocycles. The van der Waals surface area contributed by atoms with E-state index < -0.39 is 5.97 Å². The number of rotatable bonds is 5. The van der Waals surface area contributed by atoms with Crippen molar-refractivity contribution in [1.82, 2.24) is 0 Å². The largest absolute Gasteiger partial charge is 0.478 e. The SMILES string of the molecule is C=CC(=O)OCCc1ccccc1.O=C(O)c1ccccc1. The first kappa shape index (κ1) is 17.2. The normalized spacial score (nSPS) is 9.09. The van der Waals surface area contributed by atoms with E-state index in [2.05, 4.69) is 6.58 Å². The van der Waals surface area contributed by atoms with E-state index in [1.165, 1.54) is 11.6 Å². The molecule has 1 N–H and O–H groups in total. The van der Waals surface area contributed by atoms with Gasteiger partial charge in [-0.25, -0.2) is 9.59 Å². The average molecular weight is 298 g/mol. The summed E-state index contributed by atoms with van der Waals surface area (Å²) in [5.74, 6) is -1.24. The summed E-state index contributed by atoms with van der Waals surface area (Å²) in [7, 11) is 0. The van der Waals surface area contributed by atoms with Crippen LogP contribution in [-0.4, -0.2) is 23.7 Å². The predicted octanol–water partition coefficient (Wildman–Crippen LogP) is 3.34. The molecule has 0 saturated heterocycles. The van der Waals surface area contributed by atoms with Crippen molar-refractivity contribution in [2.24, 2.45) is 0 Å². The van der Waals surface area contributed by atoms with Crippen LogP contribution in [0, 0.1) is 0 Å². The van der Waals surface area contributed by atoms with Gasteiger partial charge in [0.25, 0.3) is 0 Å². The summed E-state index contributed by atoms with van der Waals surface area (Å²) >= 11 is 0. The number of carboxylic acids is 1. The van der Waals surface area contributed by atoms with Gasteiger partial charge < -0.3 is 9.84 Å². The third-order valence-electron chi connectivity index (χ3n) is 2.67. The Bertz CT molecular complexity index is 591. The number of hydrogen-bond donors (Lipinski definition) is 1. The van der Waals surface area contributed by atoms with E-state index in [-0.39, 0.29) is 5.97 Å². The fraction of sp³-hybridized carbons (Fsp3) is 0.111. The maximum absolute atomic E-state index is 10.7. The second kappa shape index (κ2) is 9.94. The van der Waals surface area contributed by atoms with Crippen LogP contribution >= 0.6 is 0 Å². The lowest BCUT2D eigenvalue weighted by Gasteiger charge is -2.01. The minimum atomic E-state index is -0.879. The van der Waals surface area contributed by atoms with Crippen LogP contribution in [0.3, 0.4) is 0 Å². The highest BCUT2D eigenvalue weighted by molar-refractivity contribution is 5.87. The molecule has 2 aromatic carbocycles. The first-order valence-corrected chi connectivity index (χ1v) is 6.75. The van der Waals surface area contributed by atoms with Gasteiger partial charge in [0.05, 0.1) is 12.2 Å². The molecule has 0 bridgehead atoms. The number of aromatic carboxylic acids is 1. The number of benzene rings is 2. The van der Waals surface area contributed by atoms with E-state index in [9.17, 15) is 9.59 Å². The first-order chi connectivity index (χ1) is 10.6. The molecule has 0 saturated carbocycles. The van der Waals surface area contributed by atoms with Crippen molar-refractivity contribution in [2.45, 2.75) is 6.42 Å². The van der Waals surface area contributed by atoms with Crippen molar-refractivity contribution in [3.05, 3.63) is 84.4 Å². The molecule has 0 aliphatic carbocycles. The Labute approximate surface area is 129 Å². The molecule has 0 fully saturated rings. The molecule has 4 nitrogen and oxygen atoms in total. The Morgan fingerprint density at radius 2 is 1.55 bits per heavy atom. The van der Waals surface area contributed by atoms with Crippen molar-refractivity contribution in [3.63, 3.8) is 0 Å². The summed E-state index contributed by atoms with van der Waals surface area (Å²) in [4.78, 5) is 20.9. The average Bonchev–Trinajstić information content (AvgIpc) is 2.57. The molecule has 114 valence electrons. The van der Waals surface area contributed by atoms with Gasteiger partial charge in [-0.1, -0.05) is 55.1 Å². The zero-order chi connectivity index (χ0) is 16.2. The fourth-order valence-electron chi connectivity index (χ4n) is 1.55. The van der Waals surface area contributed by atoms with E-state index in [0.717, 1.165) is 6.42 Å². The van der Waals surface area contributed by atoms with Gasteiger partial charge in [0.15, 0.2) is 0 Å². The Hall–Kier alpha value is -2.88. The highest BCUT2D eigenvalue weighted by Gasteiger charge is 1.97. The van der Waals surface area contributed by atoms with Gasteiger partial charge in [0.1, 0.15) is 0 Å². The van der Waals surface area contributed by atoms with E-state index in [0.29, 0.717) is 12.2 Å². The Balaban J connectivity index is 0.000000235. The van der Waals surface area contributed by atoms with Crippen LogP contribution < -0.4 is 0 Å². The molecular formula is C18H18O4. The van der Waals surface area contributed by atoms with Crippen LogP contribution in [-0.2, 0) is 16.0 Å². The second-order valence-corrected chi connectivity index (χ2v) is 4.28. The van der Waals surface area contributed by atoms with Crippen LogP contribution in [0.5, 0.6) is 0 Å². The maximum Gasteiger partial charge on any atom is 0.335 e. The van der Waals surface area contributed by atoms with Crippen LogP contribution in [0.4, 0.5) is 0 Å². The lowest BCUT2D eigenvalue weighted by Crippen LogP contribution is -2.04. The molecule has 0 heterocycles. The number of esters is 1. The van der Waals surface area contributed by atoms with Gasteiger partial charge in [0.2, 0.25) is 0 Å². The van der Waals surface area contributed by atoms with Crippen molar-refractivity contribution in [3.8, 4) is 0 Å². The van der Waals surface area contributed by atoms with Gasteiger partial charge in [0, 0.05) is 12.5 Å². The van der Waals surface area contributed by atoms with Crippen LogP contribution in [0.1, 0.15) is 15.9 Å². The van der Waals surface area contributed by atoms with Crippen molar-refractivity contribution in [1.29, 1.82) is 0 Å². The molecule has 0 amide bonds. The number of carbonyl (C=O) groups is 2. The summed E-state index contributed by atoms with van der Waals surface area (Å²) < 4.78 is 4.84. The molecule has 0 unspecified atom stereocenters. The lowest BCUT2D eigenvalue weighted by atomic mass is 10.2. The number of carboxylic acid groups (broad SMARTS) is 1. The summed E-state index contributed by atoms with van der Waals surface area (Å²) in [6.07, 6.45) is 1.92. The standard InChI is InChI=1S/C11H12O2.C7H6O2/c1-2-11(12)13-9-8-10-6-4-3-5-7-10;8-7(9)6-4-2-1-3-5-6/h2-7H,1,8-9H2;1-5H,(H,8,9). The van der Waals surface area contributed by atoms with Gasteiger partial charge in [-0.3, -0.25) is 0 Å². The van der Waals surface area contributed by atoms with Crippen molar-refractivity contribution in [2.75, 3.05) is 6.61 Å². The molecule has 0 aliphatic heterocycles. The quantitative estimate of drug-likeness (QED) is 0.679. The molecule has 0 aliphatic rings. The molecule has 2 rings (SSSR count). The van der Waals surface area contributed by atoms with Crippen LogP contribution in [0.25, 0.3) is 0 Å². The van der Waals surface area contributed by atoms with Crippen molar-refractivity contribution >= 4 is 11.9 Å². The highest BCUT2D eigenvalue weighted by atomic mass is 16.5.